The van der Waals surface area contributed by atoms with Crippen LogP contribution < -0.4 is 4.90 Å². The number of aryl methyl sites for hydroxylation is 1. The quantitative estimate of drug-likeness (QED) is 0.601. The maximum absolute atomic E-state index is 13.0. The van der Waals surface area contributed by atoms with E-state index in [1.807, 2.05) is 31.2 Å². The molecular weight excluding hydrogens is 342 g/mol. The summed E-state index contributed by atoms with van der Waals surface area (Å²) in [6, 6.07) is 14.4. The number of carbonyl (C=O) groups excluding carboxylic acids is 3. The molecule has 140 valence electrons. The number of amides is 2. The first-order valence-electron chi connectivity index (χ1n) is 9.13. The Morgan fingerprint density at radius 1 is 1.07 bits per heavy atom. The van der Waals surface area contributed by atoms with Crippen molar-refractivity contribution in [1.82, 2.24) is 0 Å². The Labute approximate surface area is 158 Å². The van der Waals surface area contributed by atoms with Crippen LogP contribution in [0.2, 0.25) is 0 Å². The van der Waals surface area contributed by atoms with Gasteiger partial charge in [0.1, 0.15) is 0 Å². The summed E-state index contributed by atoms with van der Waals surface area (Å²) in [4.78, 5) is 38.7. The summed E-state index contributed by atoms with van der Waals surface area (Å²) in [6.07, 6.45) is 0.533. The molecule has 2 amide bonds. The van der Waals surface area contributed by atoms with E-state index >= 15 is 0 Å². The summed E-state index contributed by atoms with van der Waals surface area (Å²) < 4.78 is 4.96. The van der Waals surface area contributed by atoms with Crippen LogP contribution in [-0.2, 0) is 20.7 Å². The van der Waals surface area contributed by atoms with Gasteiger partial charge in [0, 0.05) is 5.92 Å². The van der Waals surface area contributed by atoms with Crippen LogP contribution in [-0.4, -0.2) is 24.4 Å². The average molecular weight is 365 g/mol. The fourth-order valence-electron chi connectivity index (χ4n) is 3.44. The van der Waals surface area contributed by atoms with Gasteiger partial charge in [0.2, 0.25) is 11.8 Å². The number of benzene rings is 2. The van der Waals surface area contributed by atoms with Gasteiger partial charge < -0.3 is 4.74 Å². The third-order valence-corrected chi connectivity index (χ3v) is 4.93. The van der Waals surface area contributed by atoms with Gasteiger partial charge >= 0.3 is 5.97 Å². The average Bonchev–Trinajstić information content (AvgIpc) is 2.86. The van der Waals surface area contributed by atoms with Crippen molar-refractivity contribution in [3.8, 4) is 0 Å². The predicted molar refractivity (Wildman–Crippen MR) is 102 cm³/mol. The maximum atomic E-state index is 13.0. The molecule has 5 nitrogen and oxygen atoms in total. The second-order valence-electron chi connectivity index (χ2n) is 6.87. The molecule has 1 heterocycles. The van der Waals surface area contributed by atoms with Crippen molar-refractivity contribution in [1.29, 1.82) is 0 Å². The maximum Gasteiger partial charge on any atom is 0.338 e. The number of ether oxygens (including phenoxy) is 1. The van der Waals surface area contributed by atoms with E-state index in [4.69, 9.17) is 4.74 Å². The number of esters is 1. The monoisotopic (exact) mass is 365 g/mol. The summed E-state index contributed by atoms with van der Waals surface area (Å²) in [5.41, 5.74) is 3.05. The Balaban J connectivity index is 1.81. The lowest BCUT2D eigenvalue weighted by Crippen LogP contribution is -2.31. The summed E-state index contributed by atoms with van der Waals surface area (Å²) in [5, 5.41) is 0. The molecular formula is C22H23NO4. The minimum atomic E-state index is -0.422. The number of imide groups is 1. The summed E-state index contributed by atoms with van der Waals surface area (Å²) in [5.74, 6) is -1.60. The Morgan fingerprint density at radius 2 is 1.78 bits per heavy atom. The number of nitrogens with zero attached hydrogens (tertiary/aromatic N) is 1. The highest BCUT2D eigenvalue weighted by molar-refractivity contribution is 6.22. The van der Waals surface area contributed by atoms with Crippen LogP contribution in [0.1, 0.15) is 35.3 Å². The third-order valence-electron chi connectivity index (χ3n) is 4.93. The molecule has 0 unspecified atom stereocenters. The van der Waals surface area contributed by atoms with E-state index in [1.165, 1.54) is 4.90 Å². The highest BCUT2D eigenvalue weighted by Gasteiger charge is 2.45. The largest absolute Gasteiger partial charge is 0.462 e. The lowest BCUT2D eigenvalue weighted by Gasteiger charge is -2.15. The SMILES string of the molecule is CCOC(=O)c1ccc(N2C(=O)[C@@H](C)[C@H](Cc3cccc(C)c3)C2=O)cc1. The fraction of sp³-hybridized carbons (Fsp3) is 0.318. The van der Waals surface area contributed by atoms with Crippen LogP contribution in [0, 0.1) is 18.8 Å². The molecule has 1 fully saturated rings. The molecule has 2 atom stereocenters. The first-order valence-corrected chi connectivity index (χ1v) is 9.13. The molecule has 0 N–H and O–H groups in total. The van der Waals surface area contributed by atoms with Gasteiger partial charge in [-0.3, -0.25) is 14.5 Å². The van der Waals surface area contributed by atoms with Crippen LogP contribution in [0.25, 0.3) is 0 Å². The number of rotatable bonds is 5. The topological polar surface area (TPSA) is 63.7 Å². The van der Waals surface area contributed by atoms with Crippen LogP contribution in [0.15, 0.2) is 48.5 Å². The number of hydrogen-bond acceptors (Lipinski definition) is 4. The van der Waals surface area contributed by atoms with Crippen LogP contribution >= 0.6 is 0 Å². The Morgan fingerprint density at radius 3 is 2.41 bits per heavy atom. The van der Waals surface area contributed by atoms with Gasteiger partial charge in [-0.15, -0.1) is 0 Å². The van der Waals surface area contributed by atoms with Crippen molar-refractivity contribution in [3.63, 3.8) is 0 Å². The second-order valence-corrected chi connectivity index (χ2v) is 6.87. The number of hydrogen-bond donors (Lipinski definition) is 0. The van der Waals surface area contributed by atoms with E-state index in [0.29, 0.717) is 24.3 Å². The molecule has 27 heavy (non-hydrogen) atoms. The first kappa shape index (κ1) is 18.8. The number of anilines is 1. The summed E-state index contributed by atoms with van der Waals surface area (Å²) >= 11 is 0. The van der Waals surface area contributed by atoms with Gasteiger partial charge in [-0.1, -0.05) is 36.8 Å². The third kappa shape index (κ3) is 3.77. The van der Waals surface area contributed by atoms with Gasteiger partial charge in [-0.25, -0.2) is 4.79 Å². The molecule has 1 saturated heterocycles. The lowest BCUT2D eigenvalue weighted by atomic mass is 9.90. The van der Waals surface area contributed by atoms with Gasteiger partial charge in [-0.05, 0) is 50.1 Å². The molecule has 0 saturated carbocycles. The Kier molecular flexibility index (Phi) is 5.40. The zero-order valence-electron chi connectivity index (χ0n) is 15.8. The smallest absolute Gasteiger partial charge is 0.338 e. The van der Waals surface area contributed by atoms with Crippen molar-refractivity contribution in [2.45, 2.75) is 27.2 Å². The summed E-state index contributed by atoms with van der Waals surface area (Å²) in [7, 11) is 0. The number of carbonyl (C=O) groups is 3. The van der Waals surface area contributed by atoms with Crippen molar-refractivity contribution in [2.75, 3.05) is 11.5 Å². The molecule has 1 aliphatic rings. The molecule has 2 aromatic rings. The van der Waals surface area contributed by atoms with Gasteiger partial charge in [0.25, 0.3) is 0 Å². The minimum absolute atomic E-state index is 0.196. The van der Waals surface area contributed by atoms with E-state index in [0.717, 1.165) is 11.1 Å². The van der Waals surface area contributed by atoms with E-state index in [9.17, 15) is 14.4 Å². The van der Waals surface area contributed by atoms with Crippen molar-refractivity contribution in [3.05, 3.63) is 65.2 Å². The highest BCUT2D eigenvalue weighted by Crippen LogP contribution is 2.33. The zero-order valence-corrected chi connectivity index (χ0v) is 15.8. The zero-order chi connectivity index (χ0) is 19.6. The molecule has 0 spiro atoms. The minimum Gasteiger partial charge on any atom is -0.462 e. The molecule has 2 aromatic carbocycles. The molecule has 0 aromatic heterocycles. The molecule has 3 rings (SSSR count). The van der Waals surface area contributed by atoms with E-state index < -0.39 is 5.97 Å². The van der Waals surface area contributed by atoms with Crippen LogP contribution in [0.4, 0.5) is 5.69 Å². The highest BCUT2D eigenvalue weighted by atomic mass is 16.5. The van der Waals surface area contributed by atoms with Crippen molar-refractivity contribution >= 4 is 23.5 Å². The fourth-order valence-corrected chi connectivity index (χ4v) is 3.44. The summed E-state index contributed by atoms with van der Waals surface area (Å²) in [6.45, 7) is 5.84. The van der Waals surface area contributed by atoms with Gasteiger partial charge in [0.15, 0.2) is 0 Å². The van der Waals surface area contributed by atoms with Crippen molar-refractivity contribution < 1.29 is 19.1 Å². The van der Waals surface area contributed by atoms with Gasteiger partial charge in [0.05, 0.1) is 23.8 Å². The first-order chi connectivity index (χ1) is 12.9. The molecule has 1 aliphatic heterocycles. The molecule has 5 heteroatoms. The normalized spacial score (nSPS) is 19.4. The predicted octanol–water partition coefficient (Wildman–Crippen LogP) is 3.54. The molecule has 0 bridgehead atoms. The second kappa shape index (κ2) is 7.74. The van der Waals surface area contributed by atoms with Crippen molar-refractivity contribution in [2.24, 2.45) is 11.8 Å². The van der Waals surface area contributed by atoms with Crippen LogP contribution in [0.5, 0.6) is 0 Å². The lowest BCUT2D eigenvalue weighted by molar-refractivity contribution is -0.122. The van der Waals surface area contributed by atoms with E-state index in [1.54, 1.807) is 38.1 Å². The Hall–Kier alpha value is -2.95. The van der Waals surface area contributed by atoms with Gasteiger partial charge in [-0.2, -0.15) is 0 Å². The molecule has 0 radical (unpaired) electrons. The van der Waals surface area contributed by atoms with E-state index in [2.05, 4.69) is 0 Å². The molecule has 0 aliphatic carbocycles. The van der Waals surface area contributed by atoms with E-state index in [-0.39, 0.29) is 23.7 Å². The Bertz CT molecular complexity index is 872. The van der Waals surface area contributed by atoms with Crippen LogP contribution in [0.3, 0.4) is 0 Å². The standard InChI is InChI=1S/C22H23NO4/c1-4-27-22(26)17-8-10-18(11-9-17)23-20(24)15(3)19(21(23)25)13-16-7-5-6-14(2)12-16/h5-12,15,19H,4,13H2,1-3H3/t15-,19-/m0/s1.